The van der Waals surface area contributed by atoms with E-state index in [4.69, 9.17) is 0 Å². The summed E-state index contributed by atoms with van der Waals surface area (Å²) in [6.45, 7) is 2.18. The summed E-state index contributed by atoms with van der Waals surface area (Å²) >= 11 is 0. The highest BCUT2D eigenvalue weighted by atomic mass is 19.1. The normalized spacial score (nSPS) is 10.6. The number of nitrogens with zero attached hydrogens (tertiary/aromatic N) is 2. The van der Waals surface area contributed by atoms with Crippen molar-refractivity contribution in [2.24, 2.45) is 0 Å². The SMILES string of the molecule is Cc1ccn(Cc2ccc(F)cc2F)n1. The first-order chi connectivity index (χ1) is 7.15. The highest BCUT2D eigenvalue weighted by Gasteiger charge is 2.04. The third-order valence-electron chi connectivity index (χ3n) is 2.12. The summed E-state index contributed by atoms with van der Waals surface area (Å²) in [6.07, 6.45) is 1.76. The standard InChI is InChI=1S/C11H10F2N2/c1-8-4-5-15(14-8)7-9-2-3-10(12)6-11(9)13/h2-6H,7H2,1H3. The number of aromatic nitrogens is 2. The largest absolute Gasteiger partial charge is 0.268 e. The van der Waals surface area contributed by atoms with Crippen LogP contribution in [0.2, 0.25) is 0 Å². The molecule has 1 aromatic heterocycles. The van der Waals surface area contributed by atoms with Crippen molar-refractivity contribution in [2.75, 3.05) is 0 Å². The molecule has 0 radical (unpaired) electrons. The molecule has 0 saturated carbocycles. The van der Waals surface area contributed by atoms with Gasteiger partial charge < -0.3 is 0 Å². The molecule has 0 fully saturated rings. The molecule has 0 N–H and O–H groups in total. The first-order valence-corrected chi connectivity index (χ1v) is 4.59. The van der Waals surface area contributed by atoms with E-state index >= 15 is 0 Å². The summed E-state index contributed by atoms with van der Waals surface area (Å²) in [4.78, 5) is 0. The number of hydrogen-bond acceptors (Lipinski definition) is 1. The van der Waals surface area contributed by atoms with Crippen molar-refractivity contribution >= 4 is 0 Å². The second-order valence-electron chi connectivity index (χ2n) is 3.39. The van der Waals surface area contributed by atoms with Gasteiger partial charge in [0.05, 0.1) is 12.2 Å². The Labute approximate surface area is 86.2 Å². The zero-order chi connectivity index (χ0) is 10.8. The van der Waals surface area contributed by atoms with E-state index in [1.54, 1.807) is 10.9 Å². The average molecular weight is 208 g/mol. The van der Waals surface area contributed by atoms with E-state index in [2.05, 4.69) is 5.10 Å². The van der Waals surface area contributed by atoms with Crippen LogP contribution in [0.3, 0.4) is 0 Å². The average Bonchev–Trinajstić information content (AvgIpc) is 2.56. The molecule has 0 aliphatic heterocycles. The maximum atomic E-state index is 13.3. The molecule has 1 aromatic carbocycles. The van der Waals surface area contributed by atoms with Crippen molar-refractivity contribution in [3.63, 3.8) is 0 Å². The fraction of sp³-hybridized carbons (Fsp3) is 0.182. The van der Waals surface area contributed by atoms with Crippen molar-refractivity contribution in [3.8, 4) is 0 Å². The molecule has 4 heteroatoms. The lowest BCUT2D eigenvalue weighted by molar-refractivity contribution is 0.558. The van der Waals surface area contributed by atoms with Crippen LogP contribution in [0.4, 0.5) is 8.78 Å². The van der Waals surface area contributed by atoms with E-state index in [9.17, 15) is 8.78 Å². The van der Waals surface area contributed by atoms with Gasteiger partial charge in [-0.05, 0) is 19.1 Å². The maximum Gasteiger partial charge on any atom is 0.131 e. The number of aryl methyl sites for hydroxylation is 1. The molecule has 78 valence electrons. The minimum absolute atomic E-state index is 0.319. The van der Waals surface area contributed by atoms with Crippen LogP contribution >= 0.6 is 0 Å². The van der Waals surface area contributed by atoms with E-state index in [-0.39, 0.29) is 0 Å². The maximum absolute atomic E-state index is 13.3. The smallest absolute Gasteiger partial charge is 0.131 e. The van der Waals surface area contributed by atoms with Crippen molar-refractivity contribution in [2.45, 2.75) is 13.5 Å². The van der Waals surface area contributed by atoms with Crippen LogP contribution in [0, 0.1) is 18.6 Å². The number of hydrogen-bond donors (Lipinski definition) is 0. The molecular weight excluding hydrogens is 198 g/mol. The molecule has 0 amide bonds. The topological polar surface area (TPSA) is 17.8 Å². The van der Waals surface area contributed by atoms with Crippen molar-refractivity contribution in [1.29, 1.82) is 0 Å². The fourth-order valence-corrected chi connectivity index (χ4v) is 1.38. The minimum atomic E-state index is -0.562. The predicted molar refractivity (Wildman–Crippen MR) is 52.4 cm³/mol. The van der Waals surface area contributed by atoms with Gasteiger partial charge in [-0.1, -0.05) is 6.07 Å². The van der Waals surface area contributed by atoms with Gasteiger partial charge in [0.1, 0.15) is 11.6 Å². The molecule has 0 unspecified atom stereocenters. The summed E-state index contributed by atoms with van der Waals surface area (Å²) in [7, 11) is 0. The Kier molecular flexibility index (Phi) is 2.49. The summed E-state index contributed by atoms with van der Waals surface area (Å²) in [5.74, 6) is -1.10. The lowest BCUT2D eigenvalue weighted by Crippen LogP contribution is -2.03. The Morgan fingerprint density at radius 2 is 2.07 bits per heavy atom. The third kappa shape index (κ3) is 2.21. The van der Waals surface area contributed by atoms with Crippen LogP contribution in [-0.2, 0) is 6.54 Å². The van der Waals surface area contributed by atoms with Gasteiger partial charge in [-0.15, -0.1) is 0 Å². The lowest BCUT2D eigenvalue weighted by atomic mass is 10.2. The van der Waals surface area contributed by atoms with Gasteiger partial charge in [0.25, 0.3) is 0 Å². The Bertz CT molecular complexity index is 477. The van der Waals surface area contributed by atoms with Gasteiger partial charge in [0.2, 0.25) is 0 Å². The van der Waals surface area contributed by atoms with Crippen molar-refractivity contribution < 1.29 is 8.78 Å². The molecule has 2 nitrogen and oxygen atoms in total. The van der Waals surface area contributed by atoms with Gasteiger partial charge in [0, 0.05) is 17.8 Å². The van der Waals surface area contributed by atoms with Crippen LogP contribution in [0.25, 0.3) is 0 Å². The van der Waals surface area contributed by atoms with Gasteiger partial charge >= 0.3 is 0 Å². The summed E-state index contributed by atoms with van der Waals surface area (Å²) in [5, 5.41) is 4.13. The summed E-state index contributed by atoms with van der Waals surface area (Å²) in [6, 6.07) is 5.39. The Morgan fingerprint density at radius 1 is 1.27 bits per heavy atom. The molecule has 0 bridgehead atoms. The molecule has 0 spiro atoms. The Morgan fingerprint density at radius 3 is 2.67 bits per heavy atom. The van der Waals surface area contributed by atoms with E-state index in [1.807, 2.05) is 13.0 Å². The summed E-state index contributed by atoms with van der Waals surface area (Å²) in [5.41, 5.74) is 1.30. The Balaban J connectivity index is 2.24. The molecule has 0 aliphatic rings. The fourth-order valence-electron chi connectivity index (χ4n) is 1.38. The first-order valence-electron chi connectivity index (χ1n) is 4.59. The quantitative estimate of drug-likeness (QED) is 0.741. The van der Waals surface area contributed by atoms with Crippen molar-refractivity contribution in [1.82, 2.24) is 9.78 Å². The first kappa shape index (κ1) is 9.83. The zero-order valence-corrected chi connectivity index (χ0v) is 8.24. The second-order valence-corrected chi connectivity index (χ2v) is 3.39. The van der Waals surface area contributed by atoms with Gasteiger partial charge in [0.15, 0.2) is 0 Å². The number of benzene rings is 1. The molecule has 2 rings (SSSR count). The van der Waals surface area contributed by atoms with E-state index in [1.165, 1.54) is 12.1 Å². The number of halogens is 2. The molecule has 0 atom stereocenters. The lowest BCUT2D eigenvalue weighted by Gasteiger charge is -2.03. The van der Waals surface area contributed by atoms with E-state index < -0.39 is 11.6 Å². The van der Waals surface area contributed by atoms with Crippen LogP contribution < -0.4 is 0 Å². The van der Waals surface area contributed by atoms with E-state index in [0.717, 1.165) is 11.8 Å². The molecule has 1 heterocycles. The molecule has 0 aliphatic carbocycles. The predicted octanol–water partition coefficient (Wildman–Crippen LogP) is 2.52. The van der Waals surface area contributed by atoms with Gasteiger partial charge in [-0.2, -0.15) is 5.10 Å². The van der Waals surface area contributed by atoms with Crippen LogP contribution in [0.5, 0.6) is 0 Å². The highest BCUT2D eigenvalue weighted by molar-refractivity contribution is 5.18. The van der Waals surface area contributed by atoms with Gasteiger partial charge in [-0.3, -0.25) is 4.68 Å². The molecule has 15 heavy (non-hydrogen) atoms. The van der Waals surface area contributed by atoms with E-state index in [0.29, 0.717) is 12.1 Å². The second kappa shape index (κ2) is 3.81. The van der Waals surface area contributed by atoms with Crippen molar-refractivity contribution in [3.05, 3.63) is 53.4 Å². The molecular formula is C11H10F2N2. The highest BCUT2D eigenvalue weighted by Crippen LogP contribution is 2.10. The third-order valence-corrected chi connectivity index (χ3v) is 2.12. The van der Waals surface area contributed by atoms with Crippen LogP contribution in [0.1, 0.15) is 11.3 Å². The van der Waals surface area contributed by atoms with Crippen LogP contribution in [-0.4, -0.2) is 9.78 Å². The molecule has 2 aromatic rings. The van der Waals surface area contributed by atoms with Gasteiger partial charge in [-0.25, -0.2) is 8.78 Å². The van der Waals surface area contributed by atoms with Crippen LogP contribution in [0.15, 0.2) is 30.5 Å². The minimum Gasteiger partial charge on any atom is -0.268 e. The number of rotatable bonds is 2. The zero-order valence-electron chi connectivity index (χ0n) is 8.24. The molecule has 0 saturated heterocycles. The Hall–Kier alpha value is -1.71. The monoisotopic (exact) mass is 208 g/mol. The summed E-state index contributed by atoms with van der Waals surface area (Å²) < 4.78 is 27.5.